The molecule has 0 aliphatic rings. The third-order valence-corrected chi connectivity index (χ3v) is 3.90. The Morgan fingerprint density at radius 2 is 1.68 bits per heavy atom. The van der Waals surface area contributed by atoms with Gasteiger partial charge in [-0.2, -0.15) is 0 Å². The zero-order valence-electron chi connectivity index (χ0n) is 14.0. The van der Waals surface area contributed by atoms with Gasteiger partial charge in [0.25, 0.3) is 5.56 Å². The molecule has 0 spiro atoms. The summed E-state index contributed by atoms with van der Waals surface area (Å²) in [6.07, 6.45) is 0. The van der Waals surface area contributed by atoms with Crippen molar-refractivity contribution >= 4 is 5.91 Å². The molecule has 0 saturated carbocycles. The fourth-order valence-electron chi connectivity index (χ4n) is 2.57. The van der Waals surface area contributed by atoms with Crippen LogP contribution in [-0.4, -0.2) is 15.5 Å². The van der Waals surface area contributed by atoms with Gasteiger partial charge in [-0.15, -0.1) is 0 Å². The van der Waals surface area contributed by atoms with E-state index >= 15 is 0 Å². The maximum absolute atomic E-state index is 12.4. The van der Waals surface area contributed by atoms with E-state index in [1.165, 1.54) is 10.6 Å². The summed E-state index contributed by atoms with van der Waals surface area (Å²) in [5.74, 6) is 0.296. The lowest BCUT2D eigenvalue weighted by molar-refractivity contribution is -0.121. The molecule has 0 unspecified atom stereocenters. The first-order chi connectivity index (χ1) is 12.1. The van der Waals surface area contributed by atoms with Crippen LogP contribution >= 0.6 is 0 Å². The van der Waals surface area contributed by atoms with Crippen LogP contribution in [0.25, 0.3) is 11.3 Å². The van der Waals surface area contributed by atoms with E-state index < -0.39 is 0 Å². The molecule has 0 radical (unpaired) electrons. The Balaban J connectivity index is 1.72. The van der Waals surface area contributed by atoms with E-state index in [0.717, 1.165) is 11.1 Å². The van der Waals surface area contributed by atoms with Crippen LogP contribution in [0.3, 0.4) is 0 Å². The molecule has 1 amide bonds. The van der Waals surface area contributed by atoms with E-state index in [0.29, 0.717) is 18.1 Å². The van der Waals surface area contributed by atoms with Gasteiger partial charge in [-0.3, -0.25) is 14.2 Å². The average Bonchev–Trinajstić information content (AvgIpc) is 2.64. The number of hydrogen-bond acceptors (Lipinski definition) is 3. The Morgan fingerprint density at radius 3 is 2.32 bits per heavy atom. The third kappa shape index (κ3) is 4.20. The van der Waals surface area contributed by atoms with Crippen LogP contribution < -0.4 is 10.9 Å². The number of benzene rings is 2. The Labute approximate surface area is 146 Å². The fourth-order valence-corrected chi connectivity index (χ4v) is 2.57. The predicted octanol–water partition coefficient (Wildman–Crippen LogP) is 2.54. The number of hydrogen-bond donors (Lipinski definition) is 1. The summed E-state index contributed by atoms with van der Waals surface area (Å²) in [5, 5.41) is 2.82. The van der Waals surface area contributed by atoms with Crippen LogP contribution in [0.15, 0.2) is 71.5 Å². The molecule has 3 aromatic rings. The third-order valence-electron chi connectivity index (χ3n) is 3.90. The van der Waals surface area contributed by atoms with Gasteiger partial charge in [0.15, 0.2) is 0 Å². The van der Waals surface area contributed by atoms with Crippen LogP contribution in [0.2, 0.25) is 0 Å². The van der Waals surface area contributed by atoms with Crippen molar-refractivity contribution in [2.75, 3.05) is 0 Å². The zero-order chi connectivity index (χ0) is 17.6. The number of carbonyl (C=O) groups is 1. The monoisotopic (exact) mass is 333 g/mol. The topological polar surface area (TPSA) is 64.0 Å². The molecule has 25 heavy (non-hydrogen) atoms. The predicted molar refractivity (Wildman–Crippen MR) is 97.0 cm³/mol. The molecular weight excluding hydrogens is 314 g/mol. The summed E-state index contributed by atoms with van der Waals surface area (Å²) in [5.41, 5.74) is 2.27. The number of nitrogens with zero attached hydrogens (tertiary/aromatic N) is 2. The molecule has 5 nitrogen and oxygen atoms in total. The van der Waals surface area contributed by atoms with Crippen LogP contribution in [0, 0.1) is 6.92 Å². The summed E-state index contributed by atoms with van der Waals surface area (Å²) in [6, 6.07) is 20.6. The van der Waals surface area contributed by atoms with Gasteiger partial charge in [-0.05, 0) is 12.5 Å². The Morgan fingerprint density at radius 1 is 1.04 bits per heavy atom. The van der Waals surface area contributed by atoms with Crippen LogP contribution in [0.4, 0.5) is 0 Å². The highest BCUT2D eigenvalue weighted by Crippen LogP contribution is 2.14. The summed E-state index contributed by atoms with van der Waals surface area (Å²) < 4.78 is 1.38. The van der Waals surface area contributed by atoms with Gasteiger partial charge >= 0.3 is 0 Å². The number of carbonyl (C=O) groups excluding carboxylic acids is 1. The van der Waals surface area contributed by atoms with Gasteiger partial charge < -0.3 is 5.32 Å². The molecule has 0 saturated heterocycles. The van der Waals surface area contributed by atoms with E-state index in [2.05, 4.69) is 10.3 Å². The first kappa shape index (κ1) is 16.6. The highest BCUT2D eigenvalue weighted by Gasteiger charge is 2.10. The molecule has 0 aliphatic carbocycles. The van der Waals surface area contributed by atoms with E-state index in [4.69, 9.17) is 0 Å². The summed E-state index contributed by atoms with van der Waals surface area (Å²) in [4.78, 5) is 29.0. The average molecular weight is 333 g/mol. The molecule has 1 N–H and O–H groups in total. The van der Waals surface area contributed by atoms with E-state index in [1.54, 1.807) is 6.92 Å². The van der Waals surface area contributed by atoms with E-state index in [9.17, 15) is 9.59 Å². The Bertz CT molecular complexity index is 919. The van der Waals surface area contributed by atoms with Crippen molar-refractivity contribution in [1.82, 2.24) is 14.9 Å². The molecule has 2 aromatic carbocycles. The molecule has 1 heterocycles. The smallest absolute Gasteiger partial charge is 0.254 e. The van der Waals surface area contributed by atoms with Crippen molar-refractivity contribution in [2.45, 2.75) is 20.0 Å². The molecule has 0 atom stereocenters. The van der Waals surface area contributed by atoms with Gasteiger partial charge in [-0.1, -0.05) is 60.7 Å². The molecule has 0 fully saturated rings. The second-order valence-electron chi connectivity index (χ2n) is 5.74. The maximum atomic E-state index is 12.4. The molecule has 3 rings (SSSR count). The van der Waals surface area contributed by atoms with Gasteiger partial charge in [0, 0.05) is 18.2 Å². The molecule has 1 aromatic heterocycles. The highest BCUT2D eigenvalue weighted by atomic mass is 16.2. The van der Waals surface area contributed by atoms with Crippen LogP contribution in [-0.2, 0) is 17.9 Å². The fraction of sp³-hybridized carbons (Fsp3) is 0.150. The standard InChI is InChI=1S/C20H19N3O2/c1-15-22-18(17-10-6-3-7-11-17)12-20(25)23(15)14-19(24)21-13-16-8-4-2-5-9-16/h2-12H,13-14H2,1H3,(H,21,24). The molecule has 126 valence electrons. The minimum Gasteiger partial charge on any atom is -0.350 e. The number of nitrogens with one attached hydrogen (secondary N) is 1. The van der Waals surface area contributed by atoms with E-state index in [-0.39, 0.29) is 18.0 Å². The number of rotatable bonds is 5. The second kappa shape index (κ2) is 7.57. The minimum atomic E-state index is -0.235. The van der Waals surface area contributed by atoms with Crippen molar-refractivity contribution in [1.29, 1.82) is 0 Å². The van der Waals surface area contributed by atoms with Crippen LogP contribution in [0.5, 0.6) is 0 Å². The summed E-state index contributed by atoms with van der Waals surface area (Å²) >= 11 is 0. The maximum Gasteiger partial charge on any atom is 0.254 e. The van der Waals surface area contributed by atoms with Gasteiger partial charge in [0.05, 0.1) is 5.69 Å². The lowest BCUT2D eigenvalue weighted by Crippen LogP contribution is -2.33. The lowest BCUT2D eigenvalue weighted by atomic mass is 10.1. The minimum absolute atomic E-state index is 0.0421. The second-order valence-corrected chi connectivity index (χ2v) is 5.74. The van der Waals surface area contributed by atoms with Crippen molar-refractivity contribution in [3.05, 3.63) is 88.5 Å². The zero-order valence-corrected chi connectivity index (χ0v) is 14.0. The lowest BCUT2D eigenvalue weighted by Gasteiger charge is -2.11. The van der Waals surface area contributed by atoms with Gasteiger partial charge in [-0.25, -0.2) is 4.98 Å². The van der Waals surface area contributed by atoms with Crippen LogP contribution in [0.1, 0.15) is 11.4 Å². The normalized spacial score (nSPS) is 10.4. The summed E-state index contributed by atoms with van der Waals surface area (Å²) in [7, 11) is 0. The summed E-state index contributed by atoms with van der Waals surface area (Å²) in [6.45, 7) is 2.13. The first-order valence-corrected chi connectivity index (χ1v) is 8.08. The number of aromatic nitrogens is 2. The molecule has 0 aliphatic heterocycles. The molecular formula is C20H19N3O2. The number of aryl methyl sites for hydroxylation is 1. The van der Waals surface area contributed by atoms with Gasteiger partial charge in [0.2, 0.25) is 5.91 Å². The van der Waals surface area contributed by atoms with Crippen molar-refractivity contribution in [2.24, 2.45) is 0 Å². The van der Waals surface area contributed by atoms with Crippen molar-refractivity contribution in [3.63, 3.8) is 0 Å². The van der Waals surface area contributed by atoms with Crippen molar-refractivity contribution < 1.29 is 4.79 Å². The molecule has 5 heteroatoms. The largest absolute Gasteiger partial charge is 0.350 e. The Kier molecular flexibility index (Phi) is 5.04. The van der Waals surface area contributed by atoms with Gasteiger partial charge in [0.1, 0.15) is 12.4 Å². The van der Waals surface area contributed by atoms with Crippen molar-refractivity contribution in [3.8, 4) is 11.3 Å². The number of amides is 1. The first-order valence-electron chi connectivity index (χ1n) is 8.08. The SMILES string of the molecule is Cc1nc(-c2ccccc2)cc(=O)n1CC(=O)NCc1ccccc1. The Hall–Kier alpha value is -3.21. The quantitative estimate of drug-likeness (QED) is 0.780. The van der Waals surface area contributed by atoms with E-state index in [1.807, 2.05) is 60.7 Å². The highest BCUT2D eigenvalue weighted by molar-refractivity contribution is 5.75. The molecule has 0 bridgehead atoms.